The summed E-state index contributed by atoms with van der Waals surface area (Å²) in [6.45, 7) is 0. The number of ether oxygens (including phenoxy) is 5. The molecule has 204 valence electrons. The number of carbonyl (C=O) groups excluding carboxylic acids is 1. The summed E-state index contributed by atoms with van der Waals surface area (Å²) >= 11 is 3.71. The van der Waals surface area contributed by atoms with Crippen molar-refractivity contribution < 1.29 is 28.5 Å². The molecule has 2 atom stereocenters. The van der Waals surface area contributed by atoms with E-state index in [4.69, 9.17) is 23.7 Å². The molecule has 0 saturated carbocycles. The maximum absolute atomic E-state index is 14.0. The van der Waals surface area contributed by atoms with Gasteiger partial charge in [-0.2, -0.15) is 0 Å². The molecule has 2 aliphatic rings. The maximum Gasteiger partial charge on any atom is 0.203 e. The van der Waals surface area contributed by atoms with Crippen LogP contribution in [0.2, 0.25) is 0 Å². The van der Waals surface area contributed by atoms with Crippen LogP contribution in [0.5, 0.6) is 28.7 Å². The van der Waals surface area contributed by atoms with Gasteiger partial charge in [-0.25, -0.2) is 0 Å². The van der Waals surface area contributed by atoms with Gasteiger partial charge in [-0.3, -0.25) is 4.79 Å². The van der Waals surface area contributed by atoms with Gasteiger partial charge in [0.1, 0.15) is 0 Å². The Bertz CT molecular complexity index is 1430. The van der Waals surface area contributed by atoms with Crippen LogP contribution in [0.25, 0.3) is 0 Å². The highest BCUT2D eigenvalue weighted by molar-refractivity contribution is 9.10. The SMILES string of the molecule is COc1cc(Br)c([C@@H]2Nc3ccccc3NC3=C2C(=O)C[C@@H](c2cc(OC)c(OC)c(OC)c2)C3)cc1OC. The Morgan fingerprint density at radius 1 is 0.769 bits per heavy atom. The lowest BCUT2D eigenvalue weighted by Crippen LogP contribution is -2.27. The van der Waals surface area contributed by atoms with Crippen molar-refractivity contribution in [2.24, 2.45) is 0 Å². The van der Waals surface area contributed by atoms with Crippen LogP contribution in [-0.2, 0) is 4.79 Å². The molecule has 3 aromatic rings. The van der Waals surface area contributed by atoms with E-state index < -0.39 is 6.04 Å². The van der Waals surface area contributed by atoms with E-state index in [9.17, 15) is 4.79 Å². The van der Waals surface area contributed by atoms with E-state index in [-0.39, 0.29) is 11.7 Å². The van der Waals surface area contributed by atoms with E-state index in [1.54, 1.807) is 35.5 Å². The Hall–Kier alpha value is -3.85. The van der Waals surface area contributed by atoms with E-state index >= 15 is 0 Å². The number of halogens is 1. The lowest BCUT2D eigenvalue weighted by molar-refractivity contribution is -0.116. The molecule has 0 aromatic heterocycles. The van der Waals surface area contributed by atoms with Crippen LogP contribution >= 0.6 is 15.9 Å². The first-order valence-electron chi connectivity index (χ1n) is 12.5. The minimum absolute atomic E-state index is 0.0505. The number of allylic oxidation sites excluding steroid dienone is 1. The van der Waals surface area contributed by atoms with Crippen LogP contribution in [0.15, 0.2) is 64.3 Å². The van der Waals surface area contributed by atoms with Crippen molar-refractivity contribution in [3.05, 3.63) is 75.4 Å². The molecule has 39 heavy (non-hydrogen) atoms. The summed E-state index contributed by atoms with van der Waals surface area (Å²) in [6.07, 6.45) is 0.954. The Morgan fingerprint density at radius 3 is 2.00 bits per heavy atom. The molecule has 0 saturated heterocycles. The van der Waals surface area contributed by atoms with Crippen molar-refractivity contribution in [2.45, 2.75) is 24.8 Å². The van der Waals surface area contributed by atoms with Gasteiger partial charge in [-0.15, -0.1) is 0 Å². The van der Waals surface area contributed by atoms with Gasteiger partial charge in [-0.05, 0) is 59.9 Å². The Kier molecular flexibility index (Phi) is 7.61. The number of anilines is 2. The fraction of sp³-hybridized carbons (Fsp3) is 0.300. The van der Waals surface area contributed by atoms with Gasteiger partial charge in [0.15, 0.2) is 28.8 Å². The van der Waals surface area contributed by atoms with Crippen LogP contribution in [0.3, 0.4) is 0 Å². The van der Waals surface area contributed by atoms with Crippen molar-refractivity contribution in [2.75, 3.05) is 46.2 Å². The number of hydrogen-bond acceptors (Lipinski definition) is 8. The van der Waals surface area contributed by atoms with Crippen LogP contribution in [0, 0.1) is 0 Å². The predicted molar refractivity (Wildman–Crippen MR) is 154 cm³/mol. The number of benzene rings is 3. The van der Waals surface area contributed by atoms with Crippen molar-refractivity contribution in [3.8, 4) is 28.7 Å². The lowest BCUT2D eigenvalue weighted by Gasteiger charge is -2.31. The van der Waals surface area contributed by atoms with E-state index in [2.05, 4.69) is 26.6 Å². The molecule has 0 spiro atoms. The standard InChI is InChI=1S/C30H31BrN2O6/c1-35-24-14-18(19(31)15-25(24)36-2)29-28-22(32-20-8-6-7-9-21(20)33-29)10-16(11-23(28)34)17-12-26(37-3)30(39-5)27(13-17)38-4/h6-9,12-16,29,32-33H,10-11H2,1-5H3/t16-,29-/m0/s1. The van der Waals surface area contributed by atoms with Crippen LogP contribution < -0.4 is 34.3 Å². The second-order valence-electron chi connectivity index (χ2n) is 9.36. The van der Waals surface area contributed by atoms with Crippen LogP contribution in [-0.4, -0.2) is 41.3 Å². The molecule has 0 amide bonds. The molecule has 0 bridgehead atoms. The summed E-state index contributed by atoms with van der Waals surface area (Å²) in [5, 5.41) is 7.20. The highest BCUT2D eigenvalue weighted by Gasteiger charge is 2.37. The summed E-state index contributed by atoms with van der Waals surface area (Å²) in [4.78, 5) is 14.0. The molecule has 1 aliphatic heterocycles. The van der Waals surface area contributed by atoms with Crippen LogP contribution in [0.1, 0.15) is 35.9 Å². The zero-order valence-corrected chi connectivity index (χ0v) is 24.1. The second-order valence-corrected chi connectivity index (χ2v) is 10.2. The van der Waals surface area contributed by atoms with Gasteiger partial charge in [0, 0.05) is 22.2 Å². The van der Waals surface area contributed by atoms with Crippen molar-refractivity contribution in [1.29, 1.82) is 0 Å². The molecule has 3 aromatic carbocycles. The van der Waals surface area contributed by atoms with Crippen molar-refractivity contribution >= 4 is 33.1 Å². The van der Waals surface area contributed by atoms with Crippen molar-refractivity contribution in [1.82, 2.24) is 0 Å². The number of carbonyl (C=O) groups is 1. The highest BCUT2D eigenvalue weighted by Crippen LogP contribution is 2.49. The quantitative estimate of drug-likeness (QED) is 0.322. The van der Waals surface area contributed by atoms with Gasteiger partial charge in [0.25, 0.3) is 0 Å². The van der Waals surface area contributed by atoms with Crippen LogP contribution in [0.4, 0.5) is 11.4 Å². The second kappa shape index (κ2) is 11.1. The van der Waals surface area contributed by atoms with Gasteiger partial charge < -0.3 is 34.3 Å². The maximum atomic E-state index is 14.0. The first-order valence-corrected chi connectivity index (χ1v) is 13.3. The molecule has 5 rings (SSSR count). The summed E-state index contributed by atoms with van der Waals surface area (Å²) in [5.74, 6) is 2.80. The topological polar surface area (TPSA) is 87.3 Å². The zero-order chi connectivity index (χ0) is 27.7. The fourth-order valence-corrected chi connectivity index (χ4v) is 5.94. The van der Waals surface area contributed by atoms with Gasteiger partial charge in [0.2, 0.25) is 5.75 Å². The number of rotatable bonds is 7. The summed E-state index contributed by atoms with van der Waals surface area (Å²) in [6, 6.07) is 15.2. The molecule has 8 nitrogen and oxygen atoms in total. The number of hydrogen-bond donors (Lipinski definition) is 2. The number of methoxy groups -OCH3 is 5. The van der Waals surface area contributed by atoms with E-state index in [1.165, 1.54) is 0 Å². The molecule has 9 heteroatoms. The molecule has 0 radical (unpaired) electrons. The average Bonchev–Trinajstić information content (AvgIpc) is 3.12. The fourth-order valence-electron chi connectivity index (χ4n) is 5.39. The predicted octanol–water partition coefficient (Wildman–Crippen LogP) is 6.47. The molecule has 0 unspecified atom stereocenters. The lowest BCUT2D eigenvalue weighted by atomic mass is 9.78. The summed E-state index contributed by atoms with van der Waals surface area (Å²) < 4.78 is 28.6. The smallest absolute Gasteiger partial charge is 0.203 e. The largest absolute Gasteiger partial charge is 0.493 e. The number of fused-ring (bicyclic) bond motifs is 1. The highest BCUT2D eigenvalue weighted by atomic mass is 79.9. The molecule has 1 aliphatic carbocycles. The third-order valence-electron chi connectivity index (χ3n) is 7.28. The Labute approximate surface area is 236 Å². The minimum Gasteiger partial charge on any atom is -0.493 e. The van der Waals surface area contributed by atoms with Crippen molar-refractivity contribution in [3.63, 3.8) is 0 Å². The van der Waals surface area contributed by atoms with E-state index in [1.807, 2.05) is 48.5 Å². The Morgan fingerprint density at radius 2 is 1.38 bits per heavy atom. The minimum atomic E-state index is -0.418. The number of ketones is 1. The van der Waals surface area contributed by atoms with Gasteiger partial charge in [-0.1, -0.05) is 28.1 Å². The first kappa shape index (κ1) is 26.7. The first-order chi connectivity index (χ1) is 18.9. The van der Waals surface area contributed by atoms with E-state index in [0.717, 1.165) is 32.7 Å². The zero-order valence-electron chi connectivity index (χ0n) is 22.5. The average molecular weight is 595 g/mol. The number of Topliss-reactive ketones (excluding diaryl/α,β-unsaturated/α-hetero) is 1. The molecule has 2 N–H and O–H groups in total. The normalized spacial score (nSPS) is 18.2. The molecular formula is C30H31BrN2O6. The van der Waals surface area contributed by atoms with Gasteiger partial charge >= 0.3 is 0 Å². The Balaban J connectivity index is 1.63. The molecule has 1 heterocycles. The number of nitrogens with one attached hydrogen (secondary N) is 2. The summed E-state index contributed by atoms with van der Waals surface area (Å²) in [7, 11) is 7.96. The third-order valence-corrected chi connectivity index (χ3v) is 7.97. The molecular weight excluding hydrogens is 564 g/mol. The summed E-state index contributed by atoms with van der Waals surface area (Å²) in [5.41, 5.74) is 5.19. The monoisotopic (exact) mass is 594 g/mol. The third kappa shape index (κ3) is 4.87. The van der Waals surface area contributed by atoms with Gasteiger partial charge in [0.05, 0.1) is 53.0 Å². The van der Waals surface area contributed by atoms with E-state index in [0.29, 0.717) is 47.2 Å². The number of para-hydroxylation sites is 2. The molecule has 0 fully saturated rings.